The van der Waals surface area contributed by atoms with Crippen molar-refractivity contribution >= 4 is 23.6 Å². The van der Waals surface area contributed by atoms with Crippen molar-refractivity contribution in [2.24, 2.45) is 5.73 Å². The first-order valence-electron chi connectivity index (χ1n) is 6.18. The zero-order chi connectivity index (χ0) is 14.7. The molecule has 7 heteroatoms. The summed E-state index contributed by atoms with van der Waals surface area (Å²) < 4.78 is 0. The van der Waals surface area contributed by atoms with E-state index in [2.05, 4.69) is 0 Å². The van der Waals surface area contributed by atoms with Gasteiger partial charge < -0.3 is 15.7 Å². The zero-order valence-electron chi connectivity index (χ0n) is 10.8. The van der Waals surface area contributed by atoms with Gasteiger partial charge in [-0.25, -0.2) is 9.59 Å². The van der Waals surface area contributed by atoms with Gasteiger partial charge >= 0.3 is 12.0 Å². The summed E-state index contributed by atoms with van der Waals surface area (Å²) in [6.07, 6.45) is 0.937. The van der Waals surface area contributed by atoms with Gasteiger partial charge in [0.15, 0.2) is 0 Å². The van der Waals surface area contributed by atoms with Gasteiger partial charge in [-0.1, -0.05) is 6.07 Å². The van der Waals surface area contributed by atoms with E-state index in [1.165, 1.54) is 0 Å². The van der Waals surface area contributed by atoms with Crippen molar-refractivity contribution in [3.63, 3.8) is 0 Å². The molecule has 0 unspecified atom stereocenters. The number of hydrogen-bond donors (Lipinski definition) is 3. The van der Waals surface area contributed by atoms with E-state index in [0.717, 1.165) is 24.2 Å². The first-order chi connectivity index (χ1) is 9.47. The molecule has 1 aliphatic heterocycles. The first-order valence-corrected chi connectivity index (χ1v) is 6.18. The third-order valence-electron chi connectivity index (χ3n) is 3.20. The number of carboxylic acid groups (broad SMARTS) is 1. The van der Waals surface area contributed by atoms with Crippen molar-refractivity contribution in [1.82, 2.24) is 5.32 Å². The minimum Gasteiger partial charge on any atom is -0.478 e. The quantitative estimate of drug-likeness (QED) is 0.734. The number of fused-ring (bicyclic) bond motifs is 1. The molecule has 0 radical (unpaired) electrons. The molecule has 0 aromatic heterocycles. The number of hydrogen-bond acceptors (Lipinski definition) is 4. The van der Waals surface area contributed by atoms with E-state index in [0.29, 0.717) is 6.54 Å². The number of nitrogens with zero attached hydrogens (tertiary/aromatic N) is 1. The first kappa shape index (κ1) is 13.9. The Bertz CT molecular complexity index is 571. The minimum absolute atomic E-state index is 0.125. The van der Waals surface area contributed by atoms with Gasteiger partial charge in [0.25, 0.3) is 0 Å². The van der Waals surface area contributed by atoms with Crippen LogP contribution in [0.1, 0.15) is 22.3 Å². The van der Waals surface area contributed by atoms with Crippen LogP contribution in [0.25, 0.3) is 0 Å². The third-order valence-corrected chi connectivity index (χ3v) is 3.20. The molecule has 0 fully saturated rings. The standard InChI is InChI=1S/C13H15N3O4/c14-13(20)15-11(17)4-6-16-5-3-8-1-2-9(12(18)19)7-10(8)16/h1-2,7H,3-6H2,(H,18,19)(H3,14,15,17,20). The summed E-state index contributed by atoms with van der Waals surface area (Å²) in [6.45, 7) is 1.14. The number of rotatable bonds is 4. The summed E-state index contributed by atoms with van der Waals surface area (Å²) in [7, 11) is 0. The molecule has 0 aliphatic carbocycles. The Kier molecular flexibility index (Phi) is 3.88. The summed E-state index contributed by atoms with van der Waals surface area (Å²) in [5.74, 6) is -1.42. The van der Waals surface area contributed by atoms with Gasteiger partial charge in [0.2, 0.25) is 5.91 Å². The van der Waals surface area contributed by atoms with Crippen LogP contribution in [0.3, 0.4) is 0 Å². The van der Waals surface area contributed by atoms with Gasteiger partial charge in [0.1, 0.15) is 0 Å². The van der Waals surface area contributed by atoms with Crippen LogP contribution >= 0.6 is 0 Å². The van der Waals surface area contributed by atoms with Crippen molar-refractivity contribution in [2.45, 2.75) is 12.8 Å². The molecule has 20 heavy (non-hydrogen) atoms. The van der Waals surface area contributed by atoms with Crippen LogP contribution < -0.4 is 16.0 Å². The number of aromatic carboxylic acids is 1. The van der Waals surface area contributed by atoms with Gasteiger partial charge in [-0.05, 0) is 24.1 Å². The largest absolute Gasteiger partial charge is 0.478 e. The smallest absolute Gasteiger partial charge is 0.335 e. The predicted octanol–water partition coefficient (Wildman–Crippen LogP) is 0.332. The van der Waals surface area contributed by atoms with E-state index in [1.807, 2.05) is 10.2 Å². The van der Waals surface area contributed by atoms with Crippen molar-refractivity contribution in [1.29, 1.82) is 0 Å². The number of benzene rings is 1. The number of carbonyl (C=O) groups is 3. The maximum absolute atomic E-state index is 11.4. The number of nitrogens with two attached hydrogens (primary N) is 1. The van der Waals surface area contributed by atoms with Gasteiger partial charge in [0.05, 0.1) is 5.56 Å². The maximum atomic E-state index is 11.4. The lowest BCUT2D eigenvalue weighted by atomic mass is 10.1. The van der Waals surface area contributed by atoms with E-state index < -0.39 is 17.9 Å². The number of primary amides is 1. The van der Waals surface area contributed by atoms with Crippen LogP contribution in [-0.4, -0.2) is 36.1 Å². The fraction of sp³-hybridized carbons (Fsp3) is 0.308. The number of amides is 3. The number of urea groups is 1. The second-order valence-corrected chi connectivity index (χ2v) is 4.55. The third kappa shape index (κ3) is 3.05. The highest BCUT2D eigenvalue weighted by Crippen LogP contribution is 2.29. The van der Waals surface area contributed by atoms with Crippen molar-refractivity contribution in [3.8, 4) is 0 Å². The molecule has 1 aromatic rings. The molecule has 0 saturated heterocycles. The molecule has 0 bridgehead atoms. The van der Waals surface area contributed by atoms with E-state index in [-0.39, 0.29) is 12.0 Å². The molecule has 0 saturated carbocycles. The average molecular weight is 277 g/mol. The molecule has 1 aliphatic rings. The Morgan fingerprint density at radius 2 is 2.10 bits per heavy atom. The SMILES string of the molecule is NC(=O)NC(=O)CCN1CCc2ccc(C(=O)O)cc21. The second kappa shape index (κ2) is 5.60. The monoisotopic (exact) mass is 277 g/mol. The average Bonchev–Trinajstić information content (AvgIpc) is 2.77. The lowest BCUT2D eigenvalue weighted by molar-refractivity contribution is -0.119. The van der Waals surface area contributed by atoms with Crippen LogP contribution in [0.15, 0.2) is 18.2 Å². The predicted molar refractivity (Wildman–Crippen MR) is 71.7 cm³/mol. The summed E-state index contributed by atoms with van der Waals surface area (Å²) in [5, 5.41) is 11.0. The molecule has 2 rings (SSSR count). The molecule has 0 atom stereocenters. The lowest BCUT2D eigenvalue weighted by Gasteiger charge is -2.19. The van der Waals surface area contributed by atoms with Gasteiger partial charge in [-0.3, -0.25) is 10.1 Å². The molecule has 3 amide bonds. The molecule has 1 aromatic carbocycles. The molecule has 1 heterocycles. The van der Waals surface area contributed by atoms with Gasteiger partial charge in [0, 0.05) is 25.2 Å². The highest BCUT2D eigenvalue weighted by molar-refractivity contribution is 5.93. The highest BCUT2D eigenvalue weighted by atomic mass is 16.4. The molecule has 0 spiro atoms. The lowest BCUT2D eigenvalue weighted by Crippen LogP contribution is -2.37. The van der Waals surface area contributed by atoms with Crippen LogP contribution in [-0.2, 0) is 11.2 Å². The normalized spacial score (nSPS) is 12.9. The Balaban J connectivity index is 2.03. The summed E-state index contributed by atoms with van der Waals surface area (Å²) in [5.41, 5.74) is 6.97. The Hall–Kier alpha value is -2.57. The van der Waals surface area contributed by atoms with E-state index in [9.17, 15) is 14.4 Å². The van der Waals surface area contributed by atoms with Crippen LogP contribution in [0.2, 0.25) is 0 Å². The Morgan fingerprint density at radius 1 is 1.35 bits per heavy atom. The topological polar surface area (TPSA) is 113 Å². The van der Waals surface area contributed by atoms with E-state index in [4.69, 9.17) is 10.8 Å². The summed E-state index contributed by atoms with van der Waals surface area (Å²) in [6, 6.07) is 4.11. The Morgan fingerprint density at radius 3 is 2.75 bits per heavy atom. The zero-order valence-corrected chi connectivity index (χ0v) is 10.8. The molecular formula is C13H15N3O4. The molecule has 106 valence electrons. The fourth-order valence-electron chi connectivity index (χ4n) is 2.25. The van der Waals surface area contributed by atoms with Crippen LogP contribution in [0.5, 0.6) is 0 Å². The Labute approximate surface area is 115 Å². The summed E-state index contributed by atoms with van der Waals surface area (Å²) >= 11 is 0. The van der Waals surface area contributed by atoms with E-state index >= 15 is 0 Å². The van der Waals surface area contributed by atoms with Crippen molar-refractivity contribution in [3.05, 3.63) is 29.3 Å². The number of carbonyl (C=O) groups excluding carboxylic acids is 2. The van der Waals surface area contributed by atoms with Crippen molar-refractivity contribution < 1.29 is 19.5 Å². The minimum atomic E-state index is -0.980. The second-order valence-electron chi connectivity index (χ2n) is 4.55. The van der Waals surface area contributed by atoms with Crippen LogP contribution in [0.4, 0.5) is 10.5 Å². The van der Waals surface area contributed by atoms with E-state index in [1.54, 1.807) is 18.2 Å². The number of carboxylic acids is 1. The number of imide groups is 1. The summed E-state index contributed by atoms with van der Waals surface area (Å²) in [4.78, 5) is 34.8. The van der Waals surface area contributed by atoms with Gasteiger partial charge in [-0.2, -0.15) is 0 Å². The molecule has 7 nitrogen and oxygen atoms in total. The molecular weight excluding hydrogens is 262 g/mol. The molecule has 4 N–H and O–H groups in total. The van der Waals surface area contributed by atoms with Crippen LogP contribution in [0, 0.1) is 0 Å². The van der Waals surface area contributed by atoms with Crippen molar-refractivity contribution in [2.75, 3.05) is 18.0 Å². The number of nitrogens with one attached hydrogen (secondary N) is 1. The fourth-order valence-corrected chi connectivity index (χ4v) is 2.25. The van der Waals surface area contributed by atoms with Gasteiger partial charge in [-0.15, -0.1) is 0 Å². The number of anilines is 1. The highest BCUT2D eigenvalue weighted by Gasteiger charge is 2.21. The maximum Gasteiger partial charge on any atom is 0.335 e.